The molecule has 2 saturated heterocycles. The van der Waals surface area contributed by atoms with Crippen molar-refractivity contribution in [3.05, 3.63) is 203 Å². The number of carbonyl (C=O) groups excluding carboxylic acids is 15. The van der Waals surface area contributed by atoms with Gasteiger partial charge in [0, 0.05) is 103 Å². The van der Waals surface area contributed by atoms with Crippen LogP contribution in [0.2, 0.25) is 0 Å². The maximum absolute atomic E-state index is 15.5. The molecule has 1 aromatic heterocycles. The van der Waals surface area contributed by atoms with Crippen LogP contribution in [0.25, 0.3) is 10.9 Å². The highest BCUT2D eigenvalue weighted by atomic mass is 32.2. The molecular weight excluding hydrogens is 1670 g/mol. The van der Waals surface area contributed by atoms with Gasteiger partial charge in [-0.3, -0.25) is 76.7 Å². The molecule has 128 heavy (non-hydrogen) atoms. The number of primary amides is 1. The molecule has 0 unspecified atom stereocenters. The lowest BCUT2D eigenvalue weighted by atomic mass is 9.98. The molecule has 7 aromatic rings. The van der Waals surface area contributed by atoms with E-state index in [1.165, 1.54) is 98.5 Å². The number of unbranched alkanes of at least 4 members (excludes halogenated alkanes) is 1. The van der Waals surface area contributed by atoms with E-state index in [-0.39, 0.29) is 81.6 Å². The fourth-order valence-electron chi connectivity index (χ4n) is 15.5. The van der Waals surface area contributed by atoms with E-state index in [0.717, 1.165) is 26.5 Å². The molecule has 2 fully saturated rings. The highest BCUT2D eigenvalue weighted by Gasteiger charge is 2.44. The number of aliphatic carboxylic acids is 1. The number of fused-ring (bicyclic) bond motifs is 2. The Labute approximate surface area is 746 Å². The van der Waals surface area contributed by atoms with Crippen LogP contribution in [0.15, 0.2) is 170 Å². The van der Waals surface area contributed by atoms with Crippen molar-refractivity contribution in [3.8, 4) is 11.5 Å². The van der Waals surface area contributed by atoms with Crippen LogP contribution in [0.3, 0.4) is 0 Å². The third-order valence-electron chi connectivity index (χ3n) is 22.5. The molecule has 0 radical (unpaired) electrons. The fraction of sp³-hybridized carbons (Fsp3) is 0.413. The number of phenols is 2. The van der Waals surface area contributed by atoms with Gasteiger partial charge in [-0.1, -0.05) is 167 Å². The number of likely N-dealkylation sites (N-methyl/N-ethyl adjacent to an activating group) is 5. The first-order valence-electron chi connectivity index (χ1n) is 42.4. The van der Waals surface area contributed by atoms with Crippen LogP contribution < -0.4 is 48.3 Å². The van der Waals surface area contributed by atoms with Gasteiger partial charge in [-0.15, -0.1) is 11.8 Å². The molecule has 35 nitrogen and oxygen atoms in total. The Kier molecular flexibility index (Phi) is 36.1. The largest absolute Gasteiger partial charge is 0.508 e. The zero-order chi connectivity index (χ0) is 93.0. The number of carbonyl (C=O) groups is 16. The number of para-hydroxylation sites is 1. The zero-order valence-corrected chi connectivity index (χ0v) is 73.7. The number of hydrogen-bond donors (Lipinski definition) is 13. The molecule has 0 aliphatic carbocycles. The summed E-state index contributed by atoms with van der Waals surface area (Å²) in [7, 11) is 6.56. The summed E-state index contributed by atoms with van der Waals surface area (Å²) in [5, 5.41) is 53.0. The topological polar surface area (TPSA) is 491 Å². The quantitative estimate of drug-likeness (QED) is 0.0488. The van der Waals surface area contributed by atoms with Gasteiger partial charge in [-0.25, -0.2) is 0 Å². The summed E-state index contributed by atoms with van der Waals surface area (Å²) < 4.78 is 0. The minimum atomic E-state index is -1.90. The number of benzene rings is 6. The number of carboxylic acid groups (broad SMARTS) is 1. The van der Waals surface area contributed by atoms with Crippen molar-refractivity contribution in [1.82, 2.24) is 76.9 Å². The Morgan fingerprint density at radius 1 is 0.484 bits per heavy atom. The number of carboxylic acids is 1. The van der Waals surface area contributed by atoms with Gasteiger partial charge in [0.1, 0.15) is 78.0 Å². The monoisotopic (exact) mass is 1780 g/mol. The van der Waals surface area contributed by atoms with Crippen LogP contribution >= 0.6 is 11.8 Å². The summed E-state index contributed by atoms with van der Waals surface area (Å²) in [6, 6.07) is 27.8. The number of aromatic amines is 1. The number of rotatable bonds is 21. The highest BCUT2D eigenvalue weighted by Crippen LogP contribution is 2.26. The summed E-state index contributed by atoms with van der Waals surface area (Å²) in [4.78, 5) is 245. The van der Waals surface area contributed by atoms with Gasteiger partial charge < -0.3 is 98.0 Å². The third kappa shape index (κ3) is 27.9. The second-order valence-corrected chi connectivity index (χ2v) is 33.6. The summed E-state index contributed by atoms with van der Waals surface area (Å²) >= 11 is 0.846. The van der Waals surface area contributed by atoms with E-state index in [1.54, 1.807) is 135 Å². The second-order valence-electron chi connectivity index (χ2n) is 32.6. The first-order chi connectivity index (χ1) is 61.1. The molecule has 6 aromatic carbocycles. The van der Waals surface area contributed by atoms with Crippen molar-refractivity contribution in [2.24, 2.45) is 11.7 Å². The Morgan fingerprint density at radius 3 is 1.52 bits per heavy atom. The van der Waals surface area contributed by atoms with Crippen molar-refractivity contribution in [1.29, 1.82) is 0 Å². The lowest BCUT2D eigenvalue weighted by molar-refractivity contribution is -0.151. The van der Waals surface area contributed by atoms with Crippen LogP contribution in [0.5, 0.6) is 11.5 Å². The molecule has 2 aliphatic rings. The normalized spacial score (nSPS) is 22.4. The Hall–Kier alpha value is -13.7. The maximum Gasteiger partial charge on any atom is 0.305 e. The van der Waals surface area contributed by atoms with Crippen LogP contribution in [0, 0.1) is 5.92 Å². The van der Waals surface area contributed by atoms with Crippen molar-refractivity contribution in [2.75, 3.05) is 72.9 Å². The maximum atomic E-state index is 15.5. The Bertz CT molecular complexity index is 5090. The van der Waals surface area contributed by atoms with E-state index in [2.05, 4.69) is 47.5 Å². The number of hydrogen-bond acceptors (Lipinski definition) is 19. The van der Waals surface area contributed by atoms with E-state index < -0.39 is 199 Å². The SMILES string of the molecule is CCCC[C@H]1C(=O)N(C)CC(=O)N[C@@H](CC(=O)O)C(=O)N[C@@H](C(C)C)C(=O)N(C)[C@@H](Cc2ccccc2)C(=O)N[C@@H](Cc2ccc(O)cc2)C(=O)N(C)CC(=O)N[C@@H](Cc2c[nH]c3ccccc23)C(=O)N[C@@H](Cc2ccc(O)cc2)C(=O)N2CCC[C@H]2C(=O)N[C@H](C(=O)NCC(N)=O)CSCC(=O)N[C@@H](Cc2ccccc2)C(=O)N(C)[C@@H](Cc2ccccc2)C(=O)N1C. The average molecular weight is 1780 g/mol. The van der Waals surface area contributed by atoms with Crippen LogP contribution in [-0.2, 0) is 115 Å². The molecule has 2 aliphatic heterocycles. The van der Waals surface area contributed by atoms with Gasteiger partial charge in [0.15, 0.2) is 0 Å². The molecule has 14 N–H and O–H groups in total. The number of amides is 15. The molecule has 0 bridgehead atoms. The molecule has 0 spiro atoms. The Balaban J connectivity index is 1.10. The van der Waals surface area contributed by atoms with Crippen molar-refractivity contribution >= 4 is 117 Å². The summed E-state index contributed by atoms with van der Waals surface area (Å²) in [5.41, 5.74) is 9.18. The smallest absolute Gasteiger partial charge is 0.305 e. The summed E-state index contributed by atoms with van der Waals surface area (Å²) in [6.45, 7) is 2.66. The van der Waals surface area contributed by atoms with Crippen LogP contribution in [0.4, 0.5) is 0 Å². The lowest BCUT2D eigenvalue weighted by Gasteiger charge is -2.37. The summed E-state index contributed by atoms with van der Waals surface area (Å²) in [5.74, 6) is -16.6. The average Bonchev–Trinajstić information content (AvgIpc) is 1.67. The lowest BCUT2D eigenvalue weighted by Crippen LogP contribution is -2.61. The molecule has 15 amide bonds. The van der Waals surface area contributed by atoms with Gasteiger partial charge >= 0.3 is 5.97 Å². The number of H-pyrrole nitrogens is 1. The van der Waals surface area contributed by atoms with Crippen LogP contribution in [0.1, 0.15) is 92.7 Å². The van der Waals surface area contributed by atoms with E-state index in [4.69, 9.17) is 5.73 Å². The van der Waals surface area contributed by atoms with Gasteiger partial charge in [-0.05, 0) is 88.9 Å². The number of aromatic nitrogens is 1. The third-order valence-corrected chi connectivity index (χ3v) is 23.6. The predicted octanol–water partition coefficient (Wildman–Crippen LogP) is 1.79. The Morgan fingerprint density at radius 2 is 0.961 bits per heavy atom. The molecule has 11 atom stereocenters. The van der Waals surface area contributed by atoms with Gasteiger partial charge in [0.2, 0.25) is 88.6 Å². The van der Waals surface area contributed by atoms with Crippen molar-refractivity contribution in [3.63, 3.8) is 0 Å². The molecule has 3 heterocycles. The number of aromatic hydroxyl groups is 2. The number of nitrogens with two attached hydrogens (primary N) is 1. The first kappa shape index (κ1) is 98.1. The van der Waals surface area contributed by atoms with Gasteiger partial charge in [0.05, 0.1) is 31.8 Å². The molecule has 682 valence electrons. The molecule has 9 rings (SSSR count). The van der Waals surface area contributed by atoms with E-state index in [0.29, 0.717) is 57.1 Å². The molecule has 36 heteroatoms. The zero-order valence-electron chi connectivity index (χ0n) is 72.9. The number of nitrogens with zero attached hydrogens (tertiary/aromatic N) is 6. The van der Waals surface area contributed by atoms with Crippen molar-refractivity contribution in [2.45, 2.75) is 164 Å². The number of thioether (sulfide) groups is 1. The first-order valence-corrected chi connectivity index (χ1v) is 43.5. The number of nitrogens with one attached hydrogen (secondary N) is 9. The van der Waals surface area contributed by atoms with E-state index in [9.17, 15) is 58.5 Å². The highest BCUT2D eigenvalue weighted by molar-refractivity contribution is 8.00. The van der Waals surface area contributed by atoms with E-state index in [1.807, 2.05) is 6.92 Å². The van der Waals surface area contributed by atoms with Gasteiger partial charge in [0.25, 0.3) is 0 Å². The number of phenolic OH excluding ortho intramolecular Hbond substituents is 2. The summed E-state index contributed by atoms with van der Waals surface area (Å²) in [6.07, 6.45) is 0.559. The van der Waals surface area contributed by atoms with Crippen molar-refractivity contribution < 1.29 is 92.0 Å². The second kappa shape index (κ2) is 47.1. The van der Waals surface area contributed by atoms with Crippen LogP contribution in [-0.4, -0.2) is 284 Å². The standard InChI is InChI=1S/C92H114N16O19S/c1-9-10-31-73-90(125)104(5)52-78(113)97-67(48-80(115)116)84(119)102-81(55(2)3)92(127)106(7)74(45-57-25-16-12-17-26-57)86(121)100-68(43-59-33-37-62(109)38-34-59)87(122)103(4)51-77(112)96-66(47-61-49-94-65-30-21-20-29-64(61)65)83(118)99-70(44-60-35-39-63(110)40-36-60)89(124)108-41-22-32-72(108)85(120)101-71(82(117)95-50-76(93)111)53-128-54-79(114)98-69(42-56-23-14-11-15-24-56)88(123)107(8)75(91(126)105(73)6)46-58-27-18-13-19-28-58/h11-21,23-30,33-40,49,55,66-75,81,94,109-110H,9-10,22,31-32,41-48,50-54H2,1-8H3,(H2,93,111)(H,95,117)(H,96,112)(H,97,113)(H,98,114)(H,99,118)(H,100,121)(H,101,120)(H,102,119)(H,115,116)/t66-,67-,68-,69-,70-,71-,72-,73-,74-,75-,81-/m0/s1. The van der Waals surface area contributed by atoms with Gasteiger partial charge in [-0.2, -0.15) is 0 Å². The molecule has 0 saturated carbocycles. The molecular formula is C92H114N16O19S. The van der Waals surface area contributed by atoms with E-state index >= 15 is 33.6 Å². The predicted molar refractivity (Wildman–Crippen MR) is 475 cm³/mol. The minimum Gasteiger partial charge on any atom is -0.508 e. The minimum absolute atomic E-state index is 0.0334. The fourth-order valence-corrected chi connectivity index (χ4v) is 16.3.